The largest absolute Gasteiger partial charge is 0.454 e. The van der Waals surface area contributed by atoms with Crippen molar-refractivity contribution in [2.45, 2.75) is 6.54 Å². The molecular formula is C18H15N5O4S. The minimum Gasteiger partial charge on any atom is -0.454 e. The molecule has 142 valence electrons. The van der Waals surface area contributed by atoms with Crippen LogP contribution >= 0.6 is 11.3 Å². The number of benzene rings is 1. The molecular weight excluding hydrogens is 382 g/mol. The summed E-state index contributed by atoms with van der Waals surface area (Å²) in [4.78, 5) is 33.5. The first-order valence-corrected chi connectivity index (χ1v) is 9.36. The molecule has 0 atom stereocenters. The standard InChI is InChI=1S/C18H15N5O4S/c1-21-15-14(17(24)22(2)18(21)25)23(8-19-15)6-11-7-28-16(20-11)10-3-4-12-13(5-10)27-9-26-12/h3-5,7-8H,6,9H2,1-2H3. The van der Waals surface area contributed by atoms with E-state index >= 15 is 0 Å². The maximum absolute atomic E-state index is 12.6. The third-order valence-electron chi connectivity index (χ3n) is 4.72. The molecule has 0 bridgehead atoms. The van der Waals surface area contributed by atoms with Gasteiger partial charge < -0.3 is 14.0 Å². The van der Waals surface area contributed by atoms with Crippen molar-refractivity contribution in [3.05, 3.63) is 56.4 Å². The predicted octanol–water partition coefficient (Wildman–Crippen LogP) is 1.33. The first-order valence-electron chi connectivity index (χ1n) is 8.48. The van der Waals surface area contributed by atoms with Crippen LogP contribution in [0.1, 0.15) is 5.69 Å². The average Bonchev–Trinajstić information content (AvgIpc) is 3.43. The molecule has 4 heterocycles. The molecule has 0 N–H and O–H groups in total. The van der Waals surface area contributed by atoms with Gasteiger partial charge in [0.25, 0.3) is 5.56 Å². The molecule has 3 aromatic heterocycles. The number of hydrogen-bond donors (Lipinski definition) is 0. The van der Waals surface area contributed by atoms with Gasteiger partial charge in [0.1, 0.15) is 5.01 Å². The fourth-order valence-electron chi connectivity index (χ4n) is 3.23. The van der Waals surface area contributed by atoms with Crippen molar-refractivity contribution in [3.8, 4) is 22.1 Å². The van der Waals surface area contributed by atoms with E-state index in [0.29, 0.717) is 23.5 Å². The number of nitrogens with zero attached hydrogens (tertiary/aromatic N) is 5. The van der Waals surface area contributed by atoms with Crippen LogP contribution in [0.2, 0.25) is 0 Å². The van der Waals surface area contributed by atoms with Crippen LogP contribution < -0.4 is 20.7 Å². The number of aryl methyl sites for hydroxylation is 1. The molecule has 5 rings (SSSR count). The SMILES string of the molecule is Cn1c(=O)c2c(ncn2Cc2csc(-c3ccc4c(c3)OCO4)n2)n(C)c1=O. The number of fused-ring (bicyclic) bond motifs is 2. The van der Waals surface area contributed by atoms with Crippen LogP contribution in [0.3, 0.4) is 0 Å². The smallest absolute Gasteiger partial charge is 0.332 e. The molecule has 0 fully saturated rings. The lowest BCUT2D eigenvalue weighted by atomic mass is 10.2. The Hall–Kier alpha value is -3.40. The van der Waals surface area contributed by atoms with Gasteiger partial charge in [-0.1, -0.05) is 0 Å². The molecule has 0 unspecified atom stereocenters. The van der Waals surface area contributed by atoms with E-state index in [1.807, 2.05) is 23.6 Å². The van der Waals surface area contributed by atoms with E-state index in [1.54, 1.807) is 17.9 Å². The Morgan fingerprint density at radius 2 is 1.96 bits per heavy atom. The Morgan fingerprint density at radius 3 is 2.82 bits per heavy atom. The molecule has 0 radical (unpaired) electrons. The maximum Gasteiger partial charge on any atom is 0.332 e. The van der Waals surface area contributed by atoms with Crippen LogP contribution in [0.4, 0.5) is 0 Å². The molecule has 0 spiro atoms. The van der Waals surface area contributed by atoms with Gasteiger partial charge in [0, 0.05) is 25.0 Å². The van der Waals surface area contributed by atoms with Crippen molar-refractivity contribution in [2.24, 2.45) is 14.1 Å². The Balaban J connectivity index is 1.52. The summed E-state index contributed by atoms with van der Waals surface area (Å²) in [7, 11) is 3.06. The molecule has 0 saturated carbocycles. The van der Waals surface area contributed by atoms with E-state index in [-0.39, 0.29) is 12.4 Å². The molecule has 1 aromatic carbocycles. The van der Waals surface area contributed by atoms with Crippen molar-refractivity contribution >= 4 is 22.5 Å². The van der Waals surface area contributed by atoms with Gasteiger partial charge in [-0.3, -0.25) is 13.9 Å². The summed E-state index contributed by atoms with van der Waals surface area (Å²) < 4.78 is 14.9. The lowest BCUT2D eigenvalue weighted by molar-refractivity contribution is 0.174. The number of imidazole rings is 1. The molecule has 4 aromatic rings. The zero-order valence-electron chi connectivity index (χ0n) is 15.1. The van der Waals surface area contributed by atoms with Gasteiger partial charge in [-0.05, 0) is 18.2 Å². The van der Waals surface area contributed by atoms with Gasteiger partial charge in [-0.25, -0.2) is 14.8 Å². The Bertz CT molecular complexity index is 1350. The average molecular weight is 397 g/mol. The molecule has 9 nitrogen and oxygen atoms in total. The van der Waals surface area contributed by atoms with Gasteiger partial charge in [-0.2, -0.15) is 0 Å². The number of rotatable bonds is 3. The normalized spacial score (nSPS) is 12.8. The van der Waals surface area contributed by atoms with Crippen LogP contribution in [0.15, 0.2) is 39.5 Å². The number of ether oxygens (including phenoxy) is 2. The Kier molecular flexibility index (Phi) is 3.63. The van der Waals surface area contributed by atoms with Crippen LogP contribution in [-0.2, 0) is 20.6 Å². The Labute approximate surface area is 162 Å². The molecule has 0 saturated heterocycles. The quantitative estimate of drug-likeness (QED) is 0.518. The molecule has 10 heteroatoms. The highest BCUT2D eigenvalue weighted by Crippen LogP contribution is 2.36. The predicted molar refractivity (Wildman–Crippen MR) is 103 cm³/mol. The molecule has 0 amide bonds. The molecule has 1 aliphatic heterocycles. The van der Waals surface area contributed by atoms with Crippen molar-refractivity contribution in [1.29, 1.82) is 0 Å². The third kappa shape index (κ3) is 2.45. The lowest BCUT2D eigenvalue weighted by Gasteiger charge is -2.05. The summed E-state index contributed by atoms with van der Waals surface area (Å²) in [5, 5.41) is 2.79. The van der Waals surface area contributed by atoms with E-state index in [4.69, 9.17) is 9.47 Å². The number of hydrogen-bond acceptors (Lipinski definition) is 7. The summed E-state index contributed by atoms with van der Waals surface area (Å²) in [5.41, 5.74) is 1.70. The monoisotopic (exact) mass is 397 g/mol. The topological polar surface area (TPSA) is 93.2 Å². The van der Waals surface area contributed by atoms with Crippen LogP contribution in [0.5, 0.6) is 11.5 Å². The summed E-state index contributed by atoms with van der Waals surface area (Å²) in [5.74, 6) is 1.44. The minimum atomic E-state index is -0.401. The Morgan fingerprint density at radius 1 is 1.14 bits per heavy atom. The fourth-order valence-corrected chi connectivity index (χ4v) is 4.04. The summed E-state index contributed by atoms with van der Waals surface area (Å²) in [6.45, 7) is 0.609. The second kappa shape index (κ2) is 6.06. The van der Waals surface area contributed by atoms with Gasteiger partial charge in [0.15, 0.2) is 22.7 Å². The van der Waals surface area contributed by atoms with Crippen molar-refractivity contribution in [2.75, 3.05) is 6.79 Å². The second-order valence-corrected chi connectivity index (χ2v) is 7.32. The highest BCUT2D eigenvalue weighted by Gasteiger charge is 2.17. The maximum atomic E-state index is 12.6. The minimum absolute atomic E-state index is 0.229. The first kappa shape index (κ1) is 16.8. The van der Waals surface area contributed by atoms with Crippen molar-refractivity contribution < 1.29 is 9.47 Å². The lowest BCUT2D eigenvalue weighted by Crippen LogP contribution is -2.37. The van der Waals surface area contributed by atoms with Crippen molar-refractivity contribution in [3.63, 3.8) is 0 Å². The summed E-state index contributed by atoms with van der Waals surface area (Å²) in [6, 6.07) is 5.71. The third-order valence-corrected chi connectivity index (χ3v) is 5.66. The molecule has 28 heavy (non-hydrogen) atoms. The van der Waals surface area contributed by atoms with Crippen LogP contribution in [0.25, 0.3) is 21.7 Å². The highest BCUT2D eigenvalue weighted by molar-refractivity contribution is 7.13. The molecule has 0 aliphatic carbocycles. The van der Waals surface area contributed by atoms with E-state index in [0.717, 1.165) is 26.6 Å². The zero-order chi connectivity index (χ0) is 19.4. The van der Waals surface area contributed by atoms with Gasteiger partial charge in [0.05, 0.1) is 18.6 Å². The number of thiazole rings is 1. The fraction of sp³-hybridized carbons (Fsp3) is 0.222. The summed E-state index contributed by atoms with van der Waals surface area (Å²) >= 11 is 1.51. The summed E-state index contributed by atoms with van der Waals surface area (Å²) in [6.07, 6.45) is 1.56. The first-order chi connectivity index (χ1) is 13.5. The van der Waals surface area contributed by atoms with Gasteiger partial charge >= 0.3 is 5.69 Å². The van der Waals surface area contributed by atoms with Gasteiger partial charge in [-0.15, -0.1) is 11.3 Å². The van der Waals surface area contributed by atoms with Crippen molar-refractivity contribution in [1.82, 2.24) is 23.7 Å². The van der Waals surface area contributed by atoms with E-state index in [9.17, 15) is 9.59 Å². The van der Waals surface area contributed by atoms with Gasteiger partial charge in [0.2, 0.25) is 6.79 Å². The van der Waals surface area contributed by atoms with E-state index < -0.39 is 5.69 Å². The zero-order valence-corrected chi connectivity index (χ0v) is 15.9. The second-order valence-electron chi connectivity index (χ2n) is 6.46. The van der Waals surface area contributed by atoms with Crippen LogP contribution in [-0.4, -0.2) is 30.5 Å². The van der Waals surface area contributed by atoms with Crippen LogP contribution in [0, 0.1) is 0 Å². The van der Waals surface area contributed by atoms with E-state index in [1.165, 1.54) is 23.0 Å². The van der Waals surface area contributed by atoms with E-state index in [2.05, 4.69) is 9.97 Å². The number of aromatic nitrogens is 5. The highest BCUT2D eigenvalue weighted by atomic mass is 32.1. The molecule has 1 aliphatic rings.